The number of benzene rings is 1. The van der Waals surface area contributed by atoms with Crippen LogP contribution in [0.4, 0.5) is 5.69 Å². The Labute approximate surface area is 127 Å². The van der Waals surface area contributed by atoms with Crippen LogP contribution in [0.15, 0.2) is 30.3 Å². The lowest BCUT2D eigenvalue weighted by Gasteiger charge is -2.36. The van der Waals surface area contributed by atoms with Crippen LogP contribution in [0.3, 0.4) is 0 Å². The lowest BCUT2D eigenvalue weighted by atomic mass is 10.0. The first-order valence-electron chi connectivity index (χ1n) is 7.96. The van der Waals surface area contributed by atoms with E-state index in [-0.39, 0.29) is 12.0 Å². The molecule has 116 valence electrons. The zero-order chi connectivity index (χ0) is 15.1. The molecule has 0 bridgehead atoms. The molecule has 0 radical (unpaired) electrons. The van der Waals surface area contributed by atoms with Crippen LogP contribution < -0.4 is 5.32 Å². The fraction of sp³-hybridized carbons (Fsp3) is 0.588. The summed E-state index contributed by atoms with van der Waals surface area (Å²) >= 11 is 0. The van der Waals surface area contributed by atoms with Gasteiger partial charge in [0.15, 0.2) is 0 Å². The van der Waals surface area contributed by atoms with Crippen molar-refractivity contribution in [2.24, 2.45) is 0 Å². The maximum Gasteiger partial charge on any atom is 0.323 e. The van der Waals surface area contributed by atoms with E-state index in [1.807, 2.05) is 25.1 Å². The van der Waals surface area contributed by atoms with Gasteiger partial charge in [-0.2, -0.15) is 0 Å². The van der Waals surface area contributed by atoms with Crippen molar-refractivity contribution in [3.8, 4) is 0 Å². The third-order valence-electron chi connectivity index (χ3n) is 4.06. The number of hydrogen-bond donors (Lipinski definition) is 1. The quantitative estimate of drug-likeness (QED) is 0.818. The molecule has 0 amide bonds. The lowest BCUT2D eigenvalue weighted by molar-refractivity contribution is -0.150. The molecule has 1 heterocycles. The minimum Gasteiger partial charge on any atom is -0.465 e. The number of nitrogens with zero attached hydrogens (tertiary/aromatic N) is 1. The van der Waals surface area contributed by atoms with Gasteiger partial charge in [0, 0.05) is 24.8 Å². The molecule has 2 rings (SSSR count). The van der Waals surface area contributed by atoms with E-state index in [9.17, 15) is 4.79 Å². The van der Waals surface area contributed by atoms with Crippen molar-refractivity contribution in [3.63, 3.8) is 0 Å². The zero-order valence-corrected chi connectivity index (χ0v) is 13.0. The molecule has 0 spiro atoms. The predicted octanol–water partition coefficient (Wildman–Crippen LogP) is 2.90. The SMILES string of the molecule is CCOC(=O)C(CC)N1CCC(Nc2ccccc2)CC1. The van der Waals surface area contributed by atoms with Crippen LogP contribution >= 0.6 is 0 Å². The van der Waals surface area contributed by atoms with E-state index in [0.29, 0.717) is 12.6 Å². The molecule has 0 aromatic heterocycles. The minimum atomic E-state index is -0.0809. The maximum atomic E-state index is 12.0. The molecule has 1 atom stereocenters. The lowest BCUT2D eigenvalue weighted by Crippen LogP contribution is -2.48. The molecule has 1 aliphatic rings. The van der Waals surface area contributed by atoms with Crippen molar-refractivity contribution in [1.29, 1.82) is 0 Å². The van der Waals surface area contributed by atoms with Crippen LogP contribution in [0.25, 0.3) is 0 Å². The molecule has 1 saturated heterocycles. The van der Waals surface area contributed by atoms with Gasteiger partial charge in [-0.05, 0) is 38.3 Å². The molecule has 1 aromatic carbocycles. The summed E-state index contributed by atoms with van der Waals surface area (Å²) < 4.78 is 5.17. The first-order valence-corrected chi connectivity index (χ1v) is 7.96. The Morgan fingerprint density at radius 2 is 1.95 bits per heavy atom. The standard InChI is InChI=1S/C17H26N2O2/c1-3-16(17(20)21-4-2)19-12-10-15(11-13-19)18-14-8-6-5-7-9-14/h5-9,15-16,18H,3-4,10-13H2,1-2H3. The van der Waals surface area contributed by atoms with E-state index in [1.165, 1.54) is 5.69 Å². The summed E-state index contributed by atoms with van der Waals surface area (Å²) in [5, 5.41) is 3.57. The van der Waals surface area contributed by atoms with Gasteiger partial charge in [-0.1, -0.05) is 25.1 Å². The van der Waals surface area contributed by atoms with Crippen LogP contribution in [0, 0.1) is 0 Å². The number of nitrogens with one attached hydrogen (secondary N) is 1. The molecular formula is C17H26N2O2. The number of esters is 1. The Bertz CT molecular complexity index is 428. The number of carbonyl (C=O) groups is 1. The predicted molar refractivity (Wildman–Crippen MR) is 85.4 cm³/mol. The van der Waals surface area contributed by atoms with Gasteiger partial charge in [-0.3, -0.25) is 9.69 Å². The van der Waals surface area contributed by atoms with E-state index in [4.69, 9.17) is 4.74 Å². The molecule has 1 N–H and O–H groups in total. The van der Waals surface area contributed by atoms with Gasteiger partial charge in [0.05, 0.1) is 6.61 Å². The number of carbonyl (C=O) groups excluding carboxylic acids is 1. The summed E-state index contributed by atoms with van der Waals surface area (Å²) in [7, 11) is 0. The second kappa shape index (κ2) is 8.03. The van der Waals surface area contributed by atoms with Gasteiger partial charge in [0.1, 0.15) is 6.04 Å². The third-order valence-corrected chi connectivity index (χ3v) is 4.06. The average molecular weight is 290 g/mol. The van der Waals surface area contributed by atoms with E-state index < -0.39 is 0 Å². The Morgan fingerprint density at radius 1 is 1.29 bits per heavy atom. The monoisotopic (exact) mass is 290 g/mol. The summed E-state index contributed by atoms with van der Waals surface area (Å²) in [6, 6.07) is 10.7. The van der Waals surface area contributed by atoms with Gasteiger partial charge in [-0.25, -0.2) is 0 Å². The summed E-state index contributed by atoms with van der Waals surface area (Å²) in [5.41, 5.74) is 1.17. The fourth-order valence-corrected chi connectivity index (χ4v) is 2.94. The van der Waals surface area contributed by atoms with Crippen molar-refractivity contribution >= 4 is 11.7 Å². The Morgan fingerprint density at radius 3 is 2.52 bits per heavy atom. The van der Waals surface area contributed by atoms with Crippen LogP contribution in [-0.2, 0) is 9.53 Å². The molecule has 0 saturated carbocycles. The van der Waals surface area contributed by atoms with E-state index in [0.717, 1.165) is 32.4 Å². The van der Waals surface area contributed by atoms with Gasteiger partial charge >= 0.3 is 5.97 Å². The Kier molecular flexibility index (Phi) is 6.05. The van der Waals surface area contributed by atoms with Crippen molar-refractivity contribution in [2.75, 3.05) is 25.0 Å². The summed E-state index contributed by atoms with van der Waals surface area (Å²) in [6.07, 6.45) is 2.94. The Balaban J connectivity index is 1.83. The summed E-state index contributed by atoms with van der Waals surface area (Å²) in [5.74, 6) is -0.0746. The Hall–Kier alpha value is -1.55. The van der Waals surface area contributed by atoms with E-state index in [1.54, 1.807) is 0 Å². The highest BCUT2D eigenvalue weighted by molar-refractivity contribution is 5.75. The molecule has 4 nitrogen and oxygen atoms in total. The highest BCUT2D eigenvalue weighted by atomic mass is 16.5. The zero-order valence-electron chi connectivity index (χ0n) is 13.0. The smallest absolute Gasteiger partial charge is 0.323 e. The first kappa shape index (κ1) is 15.8. The van der Waals surface area contributed by atoms with Crippen molar-refractivity contribution in [2.45, 2.75) is 45.2 Å². The fourth-order valence-electron chi connectivity index (χ4n) is 2.94. The maximum absolute atomic E-state index is 12.0. The van der Waals surface area contributed by atoms with Crippen LogP contribution in [-0.4, -0.2) is 42.6 Å². The molecule has 0 aliphatic carbocycles. The van der Waals surface area contributed by atoms with E-state index in [2.05, 4.69) is 29.3 Å². The molecule has 1 aliphatic heterocycles. The molecule has 1 aromatic rings. The summed E-state index contributed by atoms with van der Waals surface area (Å²) in [6.45, 7) is 6.27. The molecule has 21 heavy (non-hydrogen) atoms. The van der Waals surface area contributed by atoms with Gasteiger partial charge in [0.25, 0.3) is 0 Å². The number of para-hydroxylation sites is 1. The van der Waals surface area contributed by atoms with Crippen LogP contribution in [0.2, 0.25) is 0 Å². The number of hydrogen-bond acceptors (Lipinski definition) is 4. The first-order chi connectivity index (χ1) is 10.2. The van der Waals surface area contributed by atoms with Crippen molar-refractivity contribution in [1.82, 2.24) is 4.90 Å². The second-order valence-electron chi connectivity index (χ2n) is 5.50. The second-order valence-corrected chi connectivity index (χ2v) is 5.50. The van der Waals surface area contributed by atoms with Gasteiger partial charge < -0.3 is 10.1 Å². The minimum absolute atomic E-state index is 0.0746. The number of piperidine rings is 1. The molecule has 4 heteroatoms. The van der Waals surface area contributed by atoms with Gasteiger partial charge in [-0.15, -0.1) is 0 Å². The van der Waals surface area contributed by atoms with Gasteiger partial charge in [0.2, 0.25) is 0 Å². The largest absolute Gasteiger partial charge is 0.465 e. The molecule has 1 unspecified atom stereocenters. The number of ether oxygens (including phenoxy) is 1. The number of likely N-dealkylation sites (tertiary alicyclic amines) is 1. The van der Waals surface area contributed by atoms with Crippen LogP contribution in [0.5, 0.6) is 0 Å². The van der Waals surface area contributed by atoms with Crippen molar-refractivity contribution < 1.29 is 9.53 Å². The topological polar surface area (TPSA) is 41.6 Å². The normalized spacial score (nSPS) is 18.2. The molecule has 1 fully saturated rings. The van der Waals surface area contributed by atoms with E-state index >= 15 is 0 Å². The molecular weight excluding hydrogens is 264 g/mol. The summed E-state index contributed by atoms with van der Waals surface area (Å²) in [4.78, 5) is 14.2. The number of rotatable bonds is 6. The van der Waals surface area contributed by atoms with Crippen LogP contribution in [0.1, 0.15) is 33.1 Å². The van der Waals surface area contributed by atoms with Crippen molar-refractivity contribution in [3.05, 3.63) is 30.3 Å². The highest BCUT2D eigenvalue weighted by Gasteiger charge is 2.29. The average Bonchev–Trinajstić information content (AvgIpc) is 2.51. The highest BCUT2D eigenvalue weighted by Crippen LogP contribution is 2.19. The number of anilines is 1. The third kappa shape index (κ3) is 4.46.